The molecule has 11 N–H and O–H groups in total. The van der Waals surface area contributed by atoms with E-state index in [4.69, 9.17) is 29.7 Å². The number of fused-ring (bicyclic) bond motifs is 5. The molecule has 1 saturated carbocycles. The van der Waals surface area contributed by atoms with Crippen molar-refractivity contribution in [2.24, 2.45) is 28.5 Å². The monoisotopic (exact) mass is 1050 g/mol. The Morgan fingerprint density at radius 1 is 1.08 bits per heavy atom. The Labute approximate surface area is 449 Å². The summed E-state index contributed by atoms with van der Waals surface area (Å²) in [6.45, 7) is 3.55. The van der Waals surface area contributed by atoms with Crippen molar-refractivity contribution in [2.75, 3.05) is 39.9 Å². The van der Waals surface area contributed by atoms with Gasteiger partial charge in [-0.2, -0.15) is 0 Å². The van der Waals surface area contributed by atoms with E-state index in [1.807, 2.05) is 43.6 Å². The van der Waals surface area contributed by atoms with Crippen molar-refractivity contribution in [2.45, 2.75) is 120 Å². The van der Waals surface area contributed by atoms with Crippen LogP contribution in [0.4, 0.5) is 0 Å². The van der Waals surface area contributed by atoms with Crippen molar-refractivity contribution < 1.29 is 44.2 Å². The summed E-state index contributed by atoms with van der Waals surface area (Å²) >= 11 is 0. The third-order valence-corrected chi connectivity index (χ3v) is 16.0. The zero-order valence-electron chi connectivity index (χ0n) is 44.0. The highest BCUT2D eigenvalue weighted by Crippen LogP contribution is 2.49. The molecule has 2 bridgehead atoms. The van der Waals surface area contributed by atoms with E-state index < -0.39 is 41.8 Å². The van der Waals surface area contributed by atoms with Gasteiger partial charge in [-0.05, 0) is 123 Å². The Kier molecular flexibility index (Phi) is 16.5. The van der Waals surface area contributed by atoms with Crippen LogP contribution < -0.4 is 36.5 Å². The normalized spacial score (nSPS) is 26.6. The van der Waals surface area contributed by atoms with E-state index in [1.54, 1.807) is 24.5 Å². The molecule has 5 aromatic rings. The van der Waals surface area contributed by atoms with Gasteiger partial charge in [0.05, 0.1) is 41.6 Å². The summed E-state index contributed by atoms with van der Waals surface area (Å²) in [5.41, 5.74) is 11.2. The minimum atomic E-state index is -0.711. The maximum absolute atomic E-state index is 12.7. The fourth-order valence-electron chi connectivity index (χ4n) is 12.4. The van der Waals surface area contributed by atoms with E-state index in [0.717, 1.165) is 53.4 Å². The van der Waals surface area contributed by atoms with Crippen LogP contribution in [0.25, 0.3) is 10.9 Å². The standard InChI is InChI=1S/C59H73N9O9/c1-36(70)75-42-31-51(77-52(32-42)41-29-49(72)56(73)54(30-41)74-25-18-38-9-5-20-62-33-38)40-10-3-11-44-50(76-53-27-39(26-40)14-15-48(53)71)13-4-19-59(44)45(34-61-2)57(68-35-46-43(17-23-63-46)47(68)12-7-24-69)66-58(67-59)65-21-6-8-37-16-22-64-55(60)28-37/h5,9,14-17,20,23,27-30,33,35,40,42,44-45,50-52,57,61,63-64,69,71-73H,4,6-8,10,12-13,18-19,21-22,24-26,31-32,34,60H2,1-2H3,(H2,65,66,67). The lowest BCUT2D eigenvalue weighted by atomic mass is 9.62. The second kappa shape index (κ2) is 23.9. The number of aliphatic imine (C=N–C) groups is 1. The molecule has 0 radical (unpaired) electrons. The fraction of sp³-hybridized carbons (Fsp3) is 0.475. The number of aryl methyl sites for hydroxylation is 1. The fourth-order valence-corrected chi connectivity index (χ4v) is 12.4. The second-order valence-corrected chi connectivity index (χ2v) is 21.2. The van der Waals surface area contributed by atoms with Crippen LogP contribution in [0.15, 0.2) is 102 Å². The van der Waals surface area contributed by atoms with Crippen LogP contribution in [0, 0.1) is 29.6 Å². The summed E-state index contributed by atoms with van der Waals surface area (Å²) in [6, 6.07) is 14.6. The number of aliphatic hydroxyl groups is 1. The maximum Gasteiger partial charge on any atom is 0.302 e. The molecule has 9 atom stereocenters. The molecule has 408 valence electrons. The van der Waals surface area contributed by atoms with E-state index in [1.165, 1.54) is 18.6 Å². The van der Waals surface area contributed by atoms with Gasteiger partial charge in [-0.3, -0.25) is 14.8 Å². The Morgan fingerprint density at radius 3 is 2.79 bits per heavy atom. The first-order valence-corrected chi connectivity index (χ1v) is 27.3. The lowest BCUT2D eigenvalue weighted by Gasteiger charge is -2.56. The number of nitrogens with two attached hydrogens (primary N) is 1. The highest BCUT2D eigenvalue weighted by atomic mass is 16.6. The van der Waals surface area contributed by atoms with Gasteiger partial charge in [0, 0.05) is 107 Å². The number of ether oxygens (including phenoxy) is 4. The molecule has 4 aliphatic heterocycles. The number of rotatable bonds is 17. The first-order chi connectivity index (χ1) is 37.5. The SMILES string of the molecule is CNCC1C(n2cc3[nH]ccc3c2CCCO)NC(=NCCCC2=CCNC(N)=C2)NC12CCCC1Oc3cc(ccc3O)CC(C3CC(OC(C)=O)CC(c4cc(O)c(O)c(OCCc5cccnc5)c4)O3)CC#CC12. The van der Waals surface area contributed by atoms with Crippen LogP contribution in [0.2, 0.25) is 0 Å². The summed E-state index contributed by atoms with van der Waals surface area (Å²) in [5.74, 6) is 7.51. The summed E-state index contributed by atoms with van der Waals surface area (Å²) in [6.07, 6.45) is 16.7. The largest absolute Gasteiger partial charge is 0.504 e. The van der Waals surface area contributed by atoms with Gasteiger partial charge in [0.25, 0.3) is 0 Å². The minimum Gasteiger partial charge on any atom is -0.504 e. The van der Waals surface area contributed by atoms with E-state index in [2.05, 4.69) is 66.0 Å². The number of nitrogens with one attached hydrogen (secondary N) is 5. The number of H-pyrrole nitrogens is 1. The number of hydrogen-bond acceptors (Lipinski definition) is 14. The summed E-state index contributed by atoms with van der Waals surface area (Å²) in [7, 11) is 1.98. The average Bonchev–Trinajstić information content (AvgIpc) is 4.24. The van der Waals surface area contributed by atoms with Crippen molar-refractivity contribution >= 4 is 22.8 Å². The van der Waals surface area contributed by atoms with Gasteiger partial charge in [0.1, 0.15) is 18.4 Å². The molecule has 5 aliphatic rings. The van der Waals surface area contributed by atoms with Crippen LogP contribution in [-0.4, -0.2) is 111 Å². The zero-order valence-corrected chi connectivity index (χ0v) is 44.0. The van der Waals surface area contributed by atoms with Crippen molar-refractivity contribution in [1.82, 2.24) is 35.8 Å². The van der Waals surface area contributed by atoms with Crippen molar-refractivity contribution in [1.29, 1.82) is 0 Å². The number of aromatic nitrogens is 3. The molecule has 10 rings (SSSR count). The Bertz CT molecular complexity index is 3030. The van der Waals surface area contributed by atoms with E-state index in [-0.39, 0.29) is 54.2 Å². The molecule has 9 unspecified atom stereocenters. The molecule has 0 amide bonds. The second-order valence-electron chi connectivity index (χ2n) is 21.2. The molecule has 3 aromatic heterocycles. The van der Waals surface area contributed by atoms with Crippen molar-refractivity contribution in [3.63, 3.8) is 0 Å². The summed E-state index contributed by atoms with van der Waals surface area (Å²) < 4.78 is 28.5. The summed E-state index contributed by atoms with van der Waals surface area (Å²) in [5, 5.41) is 59.4. The third-order valence-electron chi connectivity index (χ3n) is 16.0. The van der Waals surface area contributed by atoms with Gasteiger partial charge in [0.15, 0.2) is 29.0 Å². The van der Waals surface area contributed by atoms with Crippen LogP contribution in [-0.2, 0) is 33.5 Å². The van der Waals surface area contributed by atoms with Gasteiger partial charge in [-0.25, -0.2) is 0 Å². The van der Waals surface area contributed by atoms with Crippen LogP contribution >= 0.6 is 0 Å². The predicted octanol–water partition coefficient (Wildman–Crippen LogP) is 6.42. The van der Waals surface area contributed by atoms with Gasteiger partial charge in [-0.15, -0.1) is 5.92 Å². The number of esters is 1. The maximum atomic E-state index is 12.7. The number of dihydropyridines is 1. The van der Waals surface area contributed by atoms with Crippen LogP contribution in [0.1, 0.15) is 99.4 Å². The van der Waals surface area contributed by atoms with Gasteiger partial charge < -0.3 is 75.9 Å². The lowest BCUT2D eigenvalue weighted by Crippen LogP contribution is -2.73. The number of aromatic amines is 1. The number of pyridine rings is 1. The molecule has 18 heteroatoms. The number of aromatic hydroxyl groups is 3. The first-order valence-electron chi connectivity index (χ1n) is 27.3. The van der Waals surface area contributed by atoms with Crippen molar-refractivity contribution in [3.8, 4) is 40.6 Å². The van der Waals surface area contributed by atoms with Gasteiger partial charge >= 0.3 is 5.97 Å². The van der Waals surface area contributed by atoms with Gasteiger partial charge in [-0.1, -0.05) is 24.1 Å². The van der Waals surface area contributed by atoms with E-state index in [0.29, 0.717) is 94.1 Å². The van der Waals surface area contributed by atoms with E-state index >= 15 is 0 Å². The summed E-state index contributed by atoms with van der Waals surface area (Å²) in [4.78, 5) is 25.6. The van der Waals surface area contributed by atoms with E-state index in [9.17, 15) is 25.2 Å². The number of carbonyl (C=O) groups is 1. The average molecular weight is 1050 g/mol. The topological polar surface area (TPSA) is 255 Å². The predicted molar refractivity (Wildman–Crippen MR) is 292 cm³/mol. The molecular formula is C59H73N9O9. The molecule has 2 aromatic carbocycles. The molecular weight excluding hydrogens is 979 g/mol. The van der Waals surface area contributed by atoms with Crippen LogP contribution in [0.3, 0.4) is 0 Å². The number of phenols is 3. The Balaban J connectivity index is 1.01. The molecule has 77 heavy (non-hydrogen) atoms. The quantitative estimate of drug-likeness (QED) is 0.0209. The Hall–Kier alpha value is -7.33. The minimum absolute atomic E-state index is 0.0342. The smallest absolute Gasteiger partial charge is 0.302 e. The number of phenolic OH excluding ortho intramolecular Hbond substituents is 3. The highest BCUT2D eigenvalue weighted by Gasteiger charge is 2.57. The van der Waals surface area contributed by atoms with Crippen molar-refractivity contribution in [3.05, 3.63) is 119 Å². The number of aliphatic hydroxyl groups excluding tert-OH is 1. The number of guanidine groups is 1. The molecule has 7 heterocycles. The number of benzene rings is 2. The molecule has 1 aliphatic carbocycles. The van der Waals surface area contributed by atoms with Crippen LogP contribution in [0.5, 0.6) is 28.7 Å². The third kappa shape index (κ3) is 12.0. The highest BCUT2D eigenvalue weighted by molar-refractivity contribution is 5.84. The molecule has 2 saturated heterocycles. The molecule has 3 fully saturated rings. The first kappa shape index (κ1) is 53.1. The zero-order chi connectivity index (χ0) is 53.5. The number of carbonyl (C=O) groups excluding carboxylic acids is 1. The number of allylic oxidation sites excluding steroid dienone is 2. The van der Waals surface area contributed by atoms with Gasteiger partial charge in [0.2, 0.25) is 5.75 Å². The molecule has 1 spiro atoms. The number of nitrogens with zero attached hydrogens (tertiary/aromatic N) is 3. The molecule has 18 nitrogen and oxygen atoms in total. The number of hydrogen-bond donors (Lipinski definition) is 10. The Morgan fingerprint density at radius 2 is 1.97 bits per heavy atom. The lowest BCUT2D eigenvalue weighted by molar-refractivity contribution is -0.164.